The molecule has 0 bridgehead atoms. The summed E-state index contributed by atoms with van der Waals surface area (Å²) in [7, 11) is 0. The Balaban J connectivity index is 1.34. The lowest BCUT2D eigenvalue weighted by Gasteiger charge is -2.32. The van der Waals surface area contributed by atoms with Crippen molar-refractivity contribution in [2.45, 2.75) is 19.4 Å². The van der Waals surface area contributed by atoms with E-state index < -0.39 is 0 Å². The number of aryl methyl sites for hydroxylation is 1. The molecule has 7 heteroatoms. The van der Waals surface area contributed by atoms with Gasteiger partial charge in [-0.1, -0.05) is 30.3 Å². The molecule has 0 spiro atoms. The number of benzene rings is 1. The van der Waals surface area contributed by atoms with Gasteiger partial charge in [0.1, 0.15) is 17.6 Å². The SMILES string of the molecule is Cc1ccccc1CC(=O)N1CCO[C@H](c2cn3c(N4CCOCC4)cccc3n2)C1. The Morgan fingerprint density at radius 1 is 1.06 bits per heavy atom. The van der Waals surface area contributed by atoms with E-state index in [4.69, 9.17) is 14.5 Å². The van der Waals surface area contributed by atoms with E-state index in [1.54, 1.807) is 0 Å². The summed E-state index contributed by atoms with van der Waals surface area (Å²) in [6.45, 7) is 6.93. The van der Waals surface area contributed by atoms with Crippen molar-refractivity contribution in [3.05, 3.63) is 65.5 Å². The highest BCUT2D eigenvalue weighted by Crippen LogP contribution is 2.26. The van der Waals surface area contributed by atoms with Gasteiger partial charge in [-0.3, -0.25) is 9.20 Å². The lowest BCUT2D eigenvalue weighted by Crippen LogP contribution is -2.43. The molecule has 1 atom stereocenters. The second kappa shape index (κ2) is 8.69. The van der Waals surface area contributed by atoms with Gasteiger partial charge in [0, 0.05) is 25.8 Å². The Hall–Kier alpha value is -2.90. The number of morpholine rings is 2. The zero-order chi connectivity index (χ0) is 21.2. The Morgan fingerprint density at radius 3 is 2.74 bits per heavy atom. The van der Waals surface area contributed by atoms with Gasteiger partial charge in [0.25, 0.3) is 0 Å². The quantitative estimate of drug-likeness (QED) is 0.650. The van der Waals surface area contributed by atoms with Gasteiger partial charge in [-0.25, -0.2) is 4.98 Å². The van der Waals surface area contributed by atoms with Gasteiger partial charge in [-0.15, -0.1) is 0 Å². The summed E-state index contributed by atoms with van der Waals surface area (Å²) >= 11 is 0. The third-order valence-corrected chi connectivity index (χ3v) is 6.18. The van der Waals surface area contributed by atoms with Crippen LogP contribution < -0.4 is 4.90 Å². The molecule has 3 aromatic rings. The van der Waals surface area contributed by atoms with Crippen molar-refractivity contribution in [1.29, 1.82) is 0 Å². The van der Waals surface area contributed by atoms with Gasteiger partial charge in [0.2, 0.25) is 5.91 Å². The minimum atomic E-state index is -0.216. The number of hydrogen-bond acceptors (Lipinski definition) is 5. The summed E-state index contributed by atoms with van der Waals surface area (Å²) in [5.41, 5.74) is 4.00. The molecule has 2 aliphatic rings. The Morgan fingerprint density at radius 2 is 1.90 bits per heavy atom. The van der Waals surface area contributed by atoms with Crippen molar-refractivity contribution >= 4 is 17.4 Å². The number of hydrogen-bond donors (Lipinski definition) is 0. The molecule has 2 aliphatic heterocycles. The fourth-order valence-electron chi connectivity index (χ4n) is 4.36. The van der Waals surface area contributed by atoms with Crippen LogP contribution in [0.3, 0.4) is 0 Å². The van der Waals surface area contributed by atoms with E-state index in [0.29, 0.717) is 26.1 Å². The molecule has 2 aromatic heterocycles. The van der Waals surface area contributed by atoms with Crippen LogP contribution in [0.25, 0.3) is 5.65 Å². The Labute approximate surface area is 182 Å². The van der Waals surface area contributed by atoms with Crippen LogP contribution in [0.1, 0.15) is 22.9 Å². The second-order valence-corrected chi connectivity index (χ2v) is 8.18. The van der Waals surface area contributed by atoms with E-state index in [0.717, 1.165) is 54.6 Å². The molecule has 0 N–H and O–H groups in total. The number of anilines is 1. The number of aromatic nitrogens is 2. The highest BCUT2D eigenvalue weighted by atomic mass is 16.5. The number of carbonyl (C=O) groups is 1. The molecule has 162 valence electrons. The third-order valence-electron chi connectivity index (χ3n) is 6.18. The molecule has 0 unspecified atom stereocenters. The summed E-state index contributed by atoms with van der Waals surface area (Å²) in [4.78, 5) is 22.0. The van der Waals surface area contributed by atoms with Crippen molar-refractivity contribution in [1.82, 2.24) is 14.3 Å². The van der Waals surface area contributed by atoms with E-state index in [1.807, 2.05) is 48.2 Å². The molecule has 0 saturated carbocycles. The van der Waals surface area contributed by atoms with E-state index in [2.05, 4.69) is 21.6 Å². The summed E-state index contributed by atoms with van der Waals surface area (Å²) in [5.74, 6) is 1.25. The number of imidazole rings is 1. The van der Waals surface area contributed by atoms with E-state index in [1.165, 1.54) is 0 Å². The summed E-state index contributed by atoms with van der Waals surface area (Å²) in [5, 5.41) is 0. The first-order chi connectivity index (χ1) is 15.2. The minimum absolute atomic E-state index is 0.139. The number of amides is 1. The molecular formula is C24H28N4O3. The summed E-state index contributed by atoms with van der Waals surface area (Å²) in [6, 6.07) is 14.2. The first-order valence-electron chi connectivity index (χ1n) is 10.9. The molecule has 5 rings (SSSR count). The zero-order valence-electron chi connectivity index (χ0n) is 17.9. The lowest BCUT2D eigenvalue weighted by molar-refractivity contribution is -0.138. The molecule has 1 amide bonds. The molecule has 0 radical (unpaired) electrons. The maximum Gasteiger partial charge on any atom is 0.227 e. The van der Waals surface area contributed by atoms with Crippen molar-refractivity contribution in [3.63, 3.8) is 0 Å². The largest absolute Gasteiger partial charge is 0.378 e. The highest BCUT2D eigenvalue weighted by Gasteiger charge is 2.28. The minimum Gasteiger partial charge on any atom is -0.378 e. The fourth-order valence-corrected chi connectivity index (χ4v) is 4.36. The molecule has 1 aromatic carbocycles. The molecule has 31 heavy (non-hydrogen) atoms. The lowest BCUT2D eigenvalue weighted by atomic mass is 10.0. The van der Waals surface area contributed by atoms with Crippen LogP contribution in [-0.2, 0) is 20.7 Å². The van der Waals surface area contributed by atoms with Gasteiger partial charge in [0.05, 0.1) is 38.5 Å². The van der Waals surface area contributed by atoms with E-state index in [9.17, 15) is 4.79 Å². The van der Waals surface area contributed by atoms with Gasteiger partial charge >= 0.3 is 0 Å². The number of nitrogens with zero attached hydrogens (tertiary/aromatic N) is 4. The van der Waals surface area contributed by atoms with Gasteiger partial charge < -0.3 is 19.3 Å². The molecule has 2 fully saturated rings. The monoisotopic (exact) mass is 420 g/mol. The average molecular weight is 421 g/mol. The summed E-state index contributed by atoms with van der Waals surface area (Å²) in [6.07, 6.45) is 2.26. The average Bonchev–Trinajstić information content (AvgIpc) is 3.26. The fraction of sp³-hybridized carbons (Fsp3) is 0.417. The number of pyridine rings is 1. The van der Waals surface area contributed by atoms with Crippen molar-refractivity contribution in [2.75, 3.05) is 50.9 Å². The predicted octanol–water partition coefficient (Wildman–Crippen LogP) is 2.62. The predicted molar refractivity (Wildman–Crippen MR) is 118 cm³/mol. The number of ether oxygens (including phenoxy) is 2. The maximum atomic E-state index is 13.0. The van der Waals surface area contributed by atoms with Crippen LogP contribution in [0.15, 0.2) is 48.7 Å². The van der Waals surface area contributed by atoms with Gasteiger partial charge in [0.15, 0.2) is 0 Å². The standard InChI is InChI=1S/C24H28N4O3/c1-18-5-2-3-6-19(18)15-24(29)27-11-14-31-21(17-27)20-16-28-22(25-20)7-4-8-23(28)26-9-12-30-13-10-26/h2-8,16,21H,9-15,17H2,1H3/t21-/m0/s1. The van der Waals surface area contributed by atoms with Crippen LogP contribution >= 0.6 is 0 Å². The normalized spacial score (nSPS) is 19.7. The van der Waals surface area contributed by atoms with Crippen molar-refractivity contribution in [3.8, 4) is 0 Å². The number of fused-ring (bicyclic) bond motifs is 1. The van der Waals surface area contributed by atoms with Crippen LogP contribution in [0.2, 0.25) is 0 Å². The third kappa shape index (κ3) is 4.16. The molecule has 4 heterocycles. The second-order valence-electron chi connectivity index (χ2n) is 8.18. The number of rotatable bonds is 4. The van der Waals surface area contributed by atoms with Crippen LogP contribution in [0.5, 0.6) is 0 Å². The first kappa shape index (κ1) is 20.0. The molecule has 2 saturated heterocycles. The smallest absolute Gasteiger partial charge is 0.227 e. The molecule has 0 aliphatic carbocycles. The van der Waals surface area contributed by atoms with Crippen LogP contribution in [0, 0.1) is 6.92 Å². The van der Waals surface area contributed by atoms with E-state index in [-0.39, 0.29) is 12.0 Å². The molecule has 7 nitrogen and oxygen atoms in total. The van der Waals surface area contributed by atoms with Crippen molar-refractivity contribution in [2.24, 2.45) is 0 Å². The summed E-state index contributed by atoms with van der Waals surface area (Å²) < 4.78 is 13.6. The van der Waals surface area contributed by atoms with Crippen LogP contribution in [0.4, 0.5) is 5.82 Å². The van der Waals surface area contributed by atoms with Crippen LogP contribution in [-0.4, -0.2) is 66.2 Å². The Bertz CT molecular complexity index is 1070. The van der Waals surface area contributed by atoms with E-state index >= 15 is 0 Å². The first-order valence-corrected chi connectivity index (χ1v) is 10.9. The maximum absolute atomic E-state index is 13.0. The molecular weight excluding hydrogens is 392 g/mol. The number of carbonyl (C=O) groups excluding carboxylic acids is 1. The van der Waals surface area contributed by atoms with Crippen molar-refractivity contribution < 1.29 is 14.3 Å². The highest BCUT2D eigenvalue weighted by molar-refractivity contribution is 5.79. The topological polar surface area (TPSA) is 59.3 Å². The zero-order valence-corrected chi connectivity index (χ0v) is 17.9. The van der Waals surface area contributed by atoms with Gasteiger partial charge in [-0.05, 0) is 30.2 Å². The Kier molecular flexibility index (Phi) is 5.61. The van der Waals surface area contributed by atoms with Gasteiger partial charge in [-0.2, -0.15) is 0 Å².